The summed E-state index contributed by atoms with van der Waals surface area (Å²) >= 11 is 0. The number of anilines is 1. The molecule has 6 heteroatoms. The highest BCUT2D eigenvalue weighted by molar-refractivity contribution is 5.88. The summed E-state index contributed by atoms with van der Waals surface area (Å²) in [7, 11) is 0. The highest BCUT2D eigenvalue weighted by Crippen LogP contribution is 2.06. The summed E-state index contributed by atoms with van der Waals surface area (Å²) < 4.78 is 0. The first kappa shape index (κ1) is 12.7. The van der Waals surface area contributed by atoms with E-state index < -0.39 is 0 Å². The molecule has 1 aliphatic heterocycles. The fourth-order valence-electron chi connectivity index (χ4n) is 1.42. The van der Waals surface area contributed by atoms with Crippen LogP contribution in [0.4, 0.5) is 10.6 Å². The van der Waals surface area contributed by atoms with Crippen molar-refractivity contribution in [2.24, 2.45) is 0 Å². The monoisotopic (exact) mass is 242 g/mol. The molecule has 1 aromatic rings. The molecule has 0 spiro atoms. The van der Waals surface area contributed by atoms with E-state index in [1.807, 2.05) is 13.0 Å². The number of rotatable bonds is 1. The molecule has 16 heavy (non-hydrogen) atoms. The maximum absolute atomic E-state index is 11.6. The summed E-state index contributed by atoms with van der Waals surface area (Å²) in [6.07, 6.45) is 2.72. The van der Waals surface area contributed by atoms with Crippen molar-refractivity contribution in [1.82, 2.24) is 15.4 Å². The molecule has 0 radical (unpaired) electrons. The van der Waals surface area contributed by atoms with Crippen LogP contribution in [0.15, 0.2) is 18.3 Å². The maximum Gasteiger partial charge on any atom is 0.337 e. The van der Waals surface area contributed by atoms with Gasteiger partial charge in [0, 0.05) is 19.3 Å². The topological polar surface area (TPSA) is 57.3 Å². The molecule has 2 heterocycles. The summed E-state index contributed by atoms with van der Waals surface area (Å²) in [6.45, 7) is 3.56. The van der Waals surface area contributed by atoms with E-state index in [1.165, 1.54) is 0 Å². The van der Waals surface area contributed by atoms with Crippen LogP contribution in [0.5, 0.6) is 0 Å². The van der Waals surface area contributed by atoms with Crippen LogP contribution in [-0.4, -0.2) is 29.1 Å². The zero-order valence-corrected chi connectivity index (χ0v) is 9.88. The lowest BCUT2D eigenvalue weighted by atomic mass is 10.3. The summed E-state index contributed by atoms with van der Waals surface area (Å²) in [5.74, 6) is 0.583. The van der Waals surface area contributed by atoms with Crippen molar-refractivity contribution in [3.8, 4) is 0 Å². The van der Waals surface area contributed by atoms with Crippen LogP contribution in [0.25, 0.3) is 0 Å². The van der Waals surface area contributed by atoms with Crippen LogP contribution >= 0.6 is 12.4 Å². The summed E-state index contributed by atoms with van der Waals surface area (Å²) in [5, 5.41) is 4.30. The van der Waals surface area contributed by atoms with E-state index in [0.717, 1.165) is 25.1 Å². The van der Waals surface area contributed by atoms with Gasteiger partial charge in [0.05, 0.1) is 0 Å². The Morgan fingerprint density at radius 1 is 1.56 bits per heavy atom. The van der Waals surface area contributed by atoms with Gasteiger partial charge in [0.1, 0.15) is 5.82 Å². The van der Waals surface area contributed by atoms with Crippen molar-refractivity contribution < 1.29 is 4.79 Å². The Hall–Kier alpha value is -1.33. The molecule has 0 unspecified atom stereocenters. The standard InChI is InChI=1S/C10H14N4O.ClH/c1-8-3-4-9(11-7-8)13-10(15)14-6-2-5-12-14;/h3-4,7,12H,2,5-6H2,1H3,(H,11,13,15);1H. The third-order valence-corrected chi connectivity index (χ3v) is 2.25. The van der Waals surface area contributed by atoms with Crippen molar-refractivity contribution in [2.45, 2.75) is 13.3 Å². The fraction of sp³-hybridized carbons (Fsp3) is 0.400. The summed E-state index contributed by atoms with van der Waals surface area (Å²) in [6, 6.07) is 3.56. The van der Waals surface area contributed by atoms with Crippen LogP contribution in [0.1, 0.15) is 12.0 Å². The first-order chi connectivity index (χ1) is 7.25. The van der Waals surface area contributed by atoms with Crippen molar-refractivity contribution >= 4 is 24.3 Å². The predicted octanol–water partition coefficient (Wildman–Crippen LogP) is 1.55. The Morgan fingerprint density at radius 3 is 2.94 bits per heavy atom. The Balaban J connectivity index is 0.00000128. The average molecular weight is 243 g/mol. The van der Waals surface area contributed by atoms with Gasteiger partial charge in [-0.3, -0.25) is 10.3 Å². The molecule has 0 saturated carbocycles. The van der Waals surface area contributed by atoms with E-state index in [1.54, 1.807) is 17.3 Å². The number of hydrazine groups is 1. The highest BCUT2D eigenvalue weighted by atomic mass is 35.5. The zero-order valence-electron chi connectivity index (χ0n) is 9.06. The number of hydrogen-bond acceptors (Lipinski definition) is 3. The second kappa shape index (κ2) is 5.67. The zero-order chi connectivity index (χ0) is 10.7. The molecule has 1 aromatic heterocycles. The lowest BCUT2D eigenvalue weighted by Crippen LogP contribution is -2.40. The van der Waals surface area contributed by atoms with E-state index in [-0.39, 0.29) is 18.4 Å². The number of aromatic nitrogens is 1. The summed E-state index contributed by atoms with van der Waals surface area (Å²) in [4.78, 5) is 15.7. The van der Waals surface area contributed by atoms with Crippen molar-refractivity contribution in [3.63, 3.8) is 0 Å². The molecule has 1 fully saturated rings. The van der Waals surface area contributed by atoms with Gasteiger partial charge >= 0.3 is 6.03 Å². The first-order valence-corrected chi connectivity index (χ1v) is 5.00. The molecule has 0 atom stereocenters. The Bertz CT molecular complexity index is 348. The SMILES string of the molecule is Cc1ccc(NC(=O)N2CCCN2)nc1.Cl. The lowest BCUT2D eigenvalue weighted by Gasteiger charge is -2.15. The molecule has 1 aliphatic rings. The number of nitrogens with zero attached hydrogens (tertiary/aromatic N) is 2. The highest BCUT2D eigenvalue weighted by Gasteiger charge is 2.17. The largest absolute Gasteiger partial charge is 0.337 e. The fourth-order valence-corrected chi connectivity index (χ4v) is 1.42. The van der Waals surface area contributed by atoms with Gasteiger partial charge in [-0.15, -0.1) is 12.4 Å². The van der Waals surface area contributed by atoms with Gasteiger partial charge in [0.2, 0.25) is 0 Å². The quantitative estimate of drug-likeness (QED) is 0.786. The van der Waals surface area contributed by atoms with Crippen molar-refractivity contribution in [3.05, 3.63) is 23.9 Å². The van der Waals surface area contributed by atoms with Gasteiger partial charge in [-0.1, -0.05) is 6.07 Å². The molecular weight excluding hydrogens is 228 g/mol. The molecule has 0 aromatic carbocycles. The first-order valence-electron chi connectivity index (χ1n) is 5.00. The van der Waals surface area contributed by atoms with Gasteiger partial charge in [-0.05, 0) is 25.0 Å². The van der Waals surface area contributed by atoms with E-state index in [4.69, 9.17) is 0 Å². The third-order valence-electron chi connectivity index (χ3n) is 2.25. The number of nitrogens with one attached hydrogen (secondary N) is 2. The van der Waals surface area contributed by atoms with E-state index in [2.05, 4.69) is 15.7 Å². The lowest BCUT2D eigenvalue weighted by molar-refractivity contribution is 0.205. The number of carbonyl (C=O) groups is 1. The van der Waals surface area contributed by atoms with Crippen molar-refractivity contribution in [1.29, 1.82) is 0 Å². The minimum absolute atomic E-state index is 0. The van der Waals surface area contributed by atoms with Gasteiger partial charge < -0.3 is 0 Å². The number of amides is 2. The number of aryl methyl sites for hydroxylation is 1. The van der Waals surface area contributed by atoms with E-state index in [9.17, 15) is 4.79 Å². The van der Waals surface area contributed by atoms with Crippen LogP contribution in [0.2, 0.25) is 0 Å². The molecule has 1 saturated heterocycles. The Morgan fingerprint density at radius 2 is 2.38 bits per heavy atom. The van der Waals surface area contributed by atoms with Crippen LogP contribution < -0.4 is 10.7 Å². The van der Waals surface area contributed by atoms with E-state index in [0.29, 0.717) is 5.82 Å². The molecule has 0 aliphatic carbocycles. The molecule has 0 bridgehead atoms. The molecular formula is C10H15ClN4O. The number of pyridine rings is 1. The molecule has 5 nitrogen and oxygen atoms in total. The van der Waals surface area contributed by atoms with Crippen LogP contribution in [-0.2, 0) is 0 Å². The second-order valence-electron chi connectivity index (χ2n) is 3.56. The number of hydrogen-bond donors (Lipinski definition) is 2. The number of halogens is 1. The third kappa shape index (κ3) is 3.08. The van der Waals surface area contributed by atoms with Crippen LogP contribution in [0.3, 0.4) is 0 Å². The minimum atomic E-state index is -0.149. The molecule has 2 rings (SSSR count). The van der Waals surface area contributed by atoms with Crippen LogP contribution in [0, 0.1) is 6.92 Å². The van der Waals surface area contributed by atoms with E-state index >= 15 is 0 Å². The van der Waals surface area contributed by atoms with Gasteiger partial charge in [0.25, 0.3) is 0 Å². The van der Waals surface area contributed by atoms with Gasteiger partial charge in [-0.25, -0.2) is 15.2 Å². The number of carbonyl (C=O) groups excluding carboxylic acids is 1. The average Bonchev–Trinajstić information content (AvgIpc) is 2.74. The van der Waals surface area contributed by atoms with Crippen molar-refractivity contribution in [2.75, 3.05) is 18.4 Å². The Labute approximate surface area is 101 Å². The minimum Gasteiger partial charge on any atom is -0.291 e. The smallest absolute Gasteiger partial charge is 0.291 e. The second-order valence-corrected chi connectivity index (χ2v) is 3.56. The van der Waals surface area contributed by atoms with Gasteiger partial charge in [0.15, 0.2) is 0 Å². The molecule has 2 N–H and O–H groups in total. The summed E-state index contributed by atoms with van der Waals surface area (Å²) in [5.41, 5.74) is 4.06. The molecule has 2 amide bonds. The Kier molecular flexibility index (Phi) is 4.52. The molecule has 88 valence electrons. The van der Waals surface area contributed by atoms with Gasteiger partial charge in [-0.2, -0.15) is 0 Å². The predicted molar refractivity (Wildman–Crippen MR) is 64.6 cm³/mol. The normalized spacial score (nSPS) is 14.4. The maximum atomic E-state index is 11.6. The number of urea groups is 1.